The predicted molar refractivity (Wildman–Crippen MR) is 63.1 cm³/mol. The minimum atomic E-state index is -0.795. The molecule has 0 aromatic rings. The van der Waals surface area contributed by atoms with Gasteiger partial charge in [0.05, 0.1) is 23.9 Å². The van der Waals surface area contributed by atoms with Crippen LogP contribution in [-0.4, -0.2) is 22.9 Å². The van der Waals surface area contributed by atoms with Gasteiger partial charge in [-0.05, 0) is 38.0 Å². The van der Waals surface area contributed by atoms with Crippen LogP contribution in [0.5, 0.6) is 0 Å². The molecular formula is C14H21NO2. The lowest BCUT2D eigenvalue weighted by molar-refractivity contribution is -0.111. The van der Waals surface area contributed by atoms with E-state index >= 15 is 0 Å². The molecule has 3 nitrogen and oxygen atoms in total. The summed E-state index contributed by atoms with van der Waals surface area (Å²) in [5, 5.41) is 20.8. The van der Waals surface area contributed by atoms with Gasteiger partial charge in [-0.25, -0.2) is 0 Å². The Labute approximate surface area is 103 Å². The Balaban J connectivity index is 1.98. The van der Waals surface area contributed by atoms with Crippen molar-refractivity contribution in [1.29, 1.82) is 5.26 Å². The second-order valence-electron chi connectivity index (χ2n) is 6.03. The van der Waals surface area contributed by atoms with E-state index in [0.29, 0.717) is 0 Å². The van der Waals surface area contributed by atoms with E-state index in [0.717, 1.165) is 44.9 Å². The van der Waals surface area contributed by atoms with Gasteiger partial charge in [-0.3, -0.25) is 0 Å². The third kappa shape index (κ3) is 1.29. The number of aliphatic hydroxyl groups is 1. The summed E-state index contributed by atoms with van der Waals surface area (Å²) in [5.41, 5.74) is -1.41. The van der Waals surface area contributed by atoms with Crippen LogP contribution in [0.15, 0.2) is 0 Å². The van der Waals surface area contributed by atoms with E-state index < -0.39 is 11.0 Å². The van der Waals surface area contributed by atoms with Crippen LogP contribution in [0.25, 0.3) is 0 Å². The van der Waals surface area contributed by atoms with Crippen LogP contribution in [-0.2, 0) is 4.74 Å². The van der Waals surface area contributed by atoms with Crippen molar-refractivity contribution < 1.29 is 9.84 Å². The van der Waals surface area contributed by atoms with Crippen molar-refractivity contribution in [1.82, 2.24) is 0 Å². The van der Waals surface area contributed by atoms with Gasteiger partial charge in [0.15, 0.2) is 0 Å². The minimum absolute atomic E-state index is 0.0188. The van der Waals surface area contributed by atoms with Gasteiger partial charge in [0.2, 0.25) is 0 Å². The monoisotopic (exact) mass is 235 g/mol. The zero-order chi connectivity index (χ0) is 12.1. The molecule has 3 rings (SSSR count). The first-order valence-electron chi connectivity index (χ1n) is 6.95. The molecule has 3 fully saturated rings. The van der Waals surface area contributed by atoms with Crippen molar-refractivity contribution in [3.8, 4) is 6.07 Å². The molecule has 1 N–H and O–H groups in total. The Morgan fingerprint density at radius 1 is 1.41 bits per heavy atom. The fourth-order valence-corrected chi connectivity index (χ4v) is 4.57. The normalized spacial score (nSPS) is 52.9. The van der Waals surface area contributed by atoms with Crippen molar-refractivity contribution in [3.05, 3.63) is 0 Å². The molecule has 3 aliphatic rings. The maximum Gasteiger partial charge on any atom is 0.115 e. The summed E-state index contributed by atoms with van der Waals surface area (Å²) in [6.45, 7) is 2.13. The first-order valence-corrected chi connectivity index (χ1v) is 6.95. The molecule has 2 saturated heterocycles. The summed E-state index contributed by atoms with van der Waals surface area (Å²) in [5.74, 6) is 0.282. The molecule has 0 radical (unpaired) electrons. The Morgan fingerprint density at radius 2 is 2.24 bits per heavy atom. The Morgan fingerprint density at radius 3 is 2.76 bits per heavy atom. The average Bonchev–Trinajstić information content (AvgIpc) is 3.02. The van der Waals surface area contributed by atoms with Crippen LogP contribution in [0.2, 0.25) is 0 Å². The van der Waals surface area contributed by atoms with Gasteiger partial charge >= 0.3 is 0 Å². The van der Waals surface area contributed by atoms with E-state index in [4.69, 9.17) is 4.74 Å². The summed E-state index contributed by atoms with van der Waals surface area (Å²) in [6, 6.07) is 2.48. The molecule has 0 aromatic carbocycles. The van der Waals surface area contributed by atoms with Gasteiger partial charge in [-0.2, -0.15) is 5.26 Å². The first-order chi connectivity index (χ1) is 8.16. The predicted octanol–water partition coefficient (Wildman–Crippen LogP) is 2.39. The lowest BCUT2D eigenvalue weighted by atomic mass is 9.60. The highest BCUT2D eigenvalue weighted by Crippen LogP contribution is 2.59. The third-order valence-corrected chi connectivity index (χ3v) is 5.46. The number of nitrogens with zero attached hydrogens (tertiary/aromatic N) is 1. The molecule has 2 bridgehead atoms. The van der Waals surface area contributed by atoms with Gasteiger partial charge < -0.3 is 9.84 Å². The van der Waals surface area contributed by atoms with Crippen LogP contribution < -0.4 is 0 Å². The van der Waals surface area contributed by atoms with Gasteiger partial charge in [-0.1, -0.05) is 19.8 Å². The van der Waals surface area contributed by atoms with Gasteiger partial charge in [-0.15, -0.1) is 0 Å². The lowest BCUT2D eigenvalue weighted by Gasteiger charge is -2.45. The van der Waals surface area contributed by atoms with E-state index in [1.165, 1.54) is 0 Å². The molecule has 0 spiro atoms. The molecule has 17 heavy (non-hydrogen) atoms. The Hall–Kier alpha value is -0.590. The molecule has 5 atom stereocenters. The average molecular weight is 235 g/mol. The van der Waals surface area contributed by atoms with Crippen molar-refractivity contribution in [2.24, 2.45) is 11.3 Å². The minimum Gasteiger partial charge on any atom is -0.388 e. The zero-order valence-corrected chi connectivity index (χ0v) is 10.5. The molecular weight excluding hydrogens is 214 g/mol. The molecule has 2 aliphatic heterocycles. The molecule has 0 amide bonds. The smallest absolute Gasteiger partial charge is 0.115 e. The molecule has 1 saturated carbocycles. The lowest BCUT2D eigenvalue weighted by Crippen LogP contribution is -2.55. The van der Waals surface area contributed by atoms with Crippen LogP contribution in [0.3, 0.4) is 0 Å². The summed E-state index contributed by atoms with van der Waals surface area (Å²) >= 11 is 0. The molecule has 1 aliphatic carbocycles. The number of rotatable bonds is 2. The summed E-state index contributed by atoms with van der Waals surface area (Å²) in [7, 11) is 0. The largest absolute Gasteiger partial charge is 0.388 e. The topological polar surface area (TPSA) is 53.2 Å². The van der Waals surface area contributed by atoms with Crippen molar-refractivity contribution in [2.75, 3.05) is 0 Å². The van der Waals surface area contributed by atoms with Crippen molar-refractivity contribution >= 4 is 0 Å². The maximum atomic E-state index is 11.1. The SMILES string of the molecule is CCC1CCCC1(O)C1(C#N)CC2CCC1O2. The maximum absolute atomic E-state index is 11.1. The summed E-state index contributed by atoms with van der Waals surface area (Å²) < 4.78 is 5.87. The van der Waals surface area contributed by atoms with Crippen molar-refractivity contribution in [2.45, 2.75) is 69.7 Å². The molecule has 5 unspecified atom stereocenters. The third-order valence-electron chi connectivity index (χ3n) is 5.46. The van der Waals surface area contributed by atoms with E-state index in [2.05, 4.69) is 13.0 Å². The van der Waals surface area contributed by atoms with Crippen LogP contribution in [0.4, 0.5) is 0 Å². The van der Waals surface area contributed by atoms with Crippen molar-refractivity contribution in [3.63, 3.8) is 0 Å². The van der Waals surface area contributed by atoms with Gasteiger partial charge in [0.1, 0.15) is 5.41 Å². The van der Waals surface area contributed by atoms with E-state index in [9.17, 15) is 10.4 Å². The summed E-state index contributed by atoms with van der Waals surface area (Å²) in [4.78, 5) is 0. The molecule has 3 heteroatoms. The second kappa shape index (κ2) is 3.70. The Bertz CT molecular complexity index is 364. The fourth-order valence-electron chi connectivity index (χ4n) is 4.57. The van der Waals surface area contributed by atoms with E-state index in [-0.39, 0.29) is 18.1 Å². The first kappa shape index (κ1) is 11.5. The van der Waals surface area contributed by atoms with Gasteiger partial charge in [0.25, 0.3) is 0 Å². The van der Waals surface area contributed by atoms with Gasteiger partial charge in [0, 0.05) is 0 Å². The molecule has 2 heterocycles. The highest BCUT2D eigenvalue weighted by molar-refractivity contribution is 5.23. The van der Waals surface area contributed by atoms with Crippen LogP contribution >= 0.6 is 0 Å². The quantitative estimate of drug-likeness (QED) is 0.799. The Kier molecular flexibility index (Phi) is 2.50. The summed E-state index contributed by atoms with van der Waals surface area (Å²) in [6.07, 6.45) is 6.85. The number of hydrogen-bond acceptors (Lipinski definition) is 3. The second-order valence-corrected chi connectivity index (χ2v) is 6.03. The van der Waals surface area contributed by atoms with Crippen LogP contribution in [0, 0.1) is 22.7 Å². The molecule has 0 aromatic heterocycles. The highest BCUT2D eigenvalue weighted by atomic mass is 16.5. The molecule has 94 valence electrons. The highest BCUT2D eigenvalue weighted by Gasteiger charge is 2.66. The van der Waals surface area contributed by atoms with Crippen LogP contribution in [0.1, 0.15) is 51.9 Å². The number of fused-ring (bicyclic) bond motifs is 2. The standard InChI is InChI=1S/C14H21NO2/c1-2-10-4-3-7-14(10,16)13(9-15)8-11-5-6-12(13)17-11/h10-12,16H,2-8H2,1H3. The number of ether oxygens (including phenoxy) is 1. The number of hydrogen-bond donors (Lipinski definition) is 1. The number of nitriles is 1. The van der Waals surface area contributed by atoms with E-state index in [1.54, 1.807) is 0 Å². The zero-order valence-electron chi connectivity index (χ0n) is 10.5. The van der Waals surface area contributed by atoms with E-state index in [1.807, 2.05) is 0 Å². The fraction of sp³-hybridized carbons (Fsp3) is 0.929.